The van der Waals surface area contributed by atoms with Crippen LogP contribution >= 0.6 is 0 Å². The summed E-state index contributed by atoms with van der Waals surface area (Å²) < 4.78 is 0. The van der Waals surface area contributed by atoms with Crippen molar-refractivity contribution in [2.75, 3.05) is 37.6 Å². The Hall–Kier alpha value is -1.88. The van der Waals surface area contributed by atoms with E-state index < -0.39 is 0 Å². The van der Waals surface area contributed by atoms with Crippen LogP contribution in [0.25, 0.3) is 0 Å². The molecule has 1 aliphatic rings. The number of hydrogen-bond acceptors (Lipinski definition) is 3. The molecule has 0 saturated carbocycles. The van der Waals surface area contributed by atoms with Gasteiger partial charge < -0.3 is 9.80 Å². The first kappa shape index (κ1) is 18.5. The van der Waals surface area contributed by atoms with Crippen LogP contribution in [0, 0.1) is 16.0 Å². The molecule has 1 fully saturated rings. The van der Waals surface area contributed by atoms with E-state index in [0.29, 0.717) is 0 Å². The molecule has 1 atom stereocenters. The van der Waals surface area contributed by atoms with Gasteiger partial charge in [-0.25, -0.2) is 0 Å². The number of nitro groups is 1. The maximum atomic E-state index is 10.7. The van der Waals surface area contributed by atoms with Crippen LogP contribution in [0.3, 0.4) is 0 Å². The Morgan fingerprint density at radius 1 is 1.29 bits per heavy atom. The number of anilines is 1. The van der Waals surface area contributed by atoms with E-state index >= 15 is 0 Å². The number of hydrogen-bond donors (Lipinski definition) is 1. The van der Waals surface area contributed by atoms with Crippen molar-refractivity contribution in [3.8, 4) is 0 Å². The summed E-state index contributed by atoms with van der Waals surface area (Å²) in [6, 6.07) is 6.93. The van der Waals surface area contributed by atoms with Gasteiger partial charge in [0, 0.05) is 23.7 Å². The molecule has 24 heavy (non-hydrogen) atoms. The molecule has 0 spiro atoms. The lowest BCUT2D eigenvalue weighted by atomic mass is 10.0. The van der Waals surface area contributed by atoms with Gasteiger partial charge in [-0.3, -0.25) is 10.1 Å². The Morgan fingerprint density at radius 2 is 1.92 bits per heavy atom. The lowest BCUT2D eigenvalue weighted by molar-refractivity contribution is -0.903. The van der Waals surface area contributed by atoms with E-state index in [4.69, 9.17) is 0 Å². The fourth-order valence-corrected chi connectivity index (χ4v) is 3.32. The molecule has 0 radical (unpaired) electrons. The Kier molecular flexibility index (Phi) is 6.79. The van der Waals surface area contributed by atoms with Crippen molar-refractivity contribution in [3.63, 3.8) is 0 Å². The van der Waals surface area contributed by atoms with E-state index in [0.717, 1.165) is 37.8 Å². The predicted molar refractivity (Wildman–Crippen MR) is 98.7 cm³/mol. The summed E-state index contributed by atoms with van der Waals surface area (Å²) in [6.45, 7) is 12.2. The molecule has 0 amide bonds. The van der Waals surface area contributed by atoms with Crippen LogP contribution in [-0.4, -0.2) is 37.6 Å². The smallest absolute Gasteiger partial charge is 0.269 e. The summed E-state index contributed by atoms with van der Waals surface area (Å²) in [5.41, 5.74) is 2.66. The zero-order chi connectivity index (χ0) is 17.5. The van der Waals surface area contributed by atoms with Crippen LogP contribution in [0.15, 0.2) is 35.9 Å². The lowest BCUT2D eigenvalue weighted by Crippen LogP contribution is -3.15. The molecule has 132 valence electrons. The largest absolute Gasteiger partial charge is 0.360 e. The quantitative estimate of drug-likeness (QED) is 0.474. The summed E-state index contributed by atoms with van der Waals surface area (Å²) in [5, 5.41) is 10.7. The van der Waals surface area contributed by atoms with Crippen molar-refractivity contribution in [2.24, 2.45) is 5.92 Å². The van der Waals surface area contributed by atoms with Gasteiger partial charge in [-0.1, -0.05) is 18.6 Å². The molecule has 1 aliphatic heterocycles. The van der Waals surface area contributed by atoms with Gasteiger partial charge in [-0.05, 0) is 38.8 Å². The molecule has 1 saturated heterocycles. The Bertz CT molecular complexity index is 556. The standard InChI is InChI=1S/C19H29N3O2/c1-16(2)5-4-6-17(3)15-20-11-13-21(14-12-20)18-7-9-19(10-8-18)22(23)24/h5,7-10,17H,4,6,11-15H2,1-3H3/p+1/t17-/m1/s1. The van der Waals surface area contributed by atoms with Gasteiger partial charge in [0.2, 0.25) is 0 Å². The molecular weight excluding hydrogens is 302 g/mol. The molecule has 1 heterocycles. The summed E-state index contributed by atoms with van der Waals surface area (Å²) >= 11 is 0. The number of quaternary nitrogens is 1. The predicted octanol–water partition coefficient (Wildman–Crippen LogP) is 2.68. The van der Waals surface area contributed by atoms with Gasteiger partial charge in [0.1, 0.15) is 0 Å². The molecule has 5 nitrogen and oxygen atoms in total. The van der Waals surface area contributed by atoms with Gasteiger partial charge >= 0.3 is 0 Å². The number of allylic oxidation sites excluding steroid dienone is 2. The SMILES string of the molecule is CC(C)=CCC[C@@H](C)C[NH+]1CCN(c2ccc([N+](=O)[O-])cc2)CC1. The molecule has 0 unspecified atom stereocenters. The third kappa shape index (κ3) is 5.64. The first-order valence-corrected chi connectivity index (χ1v) is 8.92. The average Bonchev–Trinajstić information content (AvgIpc) is 2.55. The molecule has 1 N–H and O–H groups in total. The fourth-order valence-electron chi connectivity index (χ4n) is 3.32. The van der Waals surface area contributed by atoms with E-state index in [-0.39, 0.29) is 10.6 Å². The number of piperazine rings is 1. The molecule has 1 aromatic carbocycles. The number of nitrogens with one attached hydrogen (secondary N) is 1. The molecule has 5 heteroatoms. The normalized spacial score (nSPS) is 16.7. The Labute approximate surface area is 145 Å². The Morgan fingerprint density at radius 3 is 2.46 bits per heavy atom. The van der Waals surface area contributed by atoms with Crippen molar-refractivity contribution in [1.29, 1.82) is 0 Å². The van der Waals surface area contributed by atoms with Crippen LogP contribution in [0.5, 0.6) is 0 Å². The average molecular weight is 332 g/mol. The molecule has 2 rings (SSSR count). The minimum atomic E-state index is -0.345. The number of nitrogens with zero attached hydrogens (tertiary/aromatic N) is 2. The number of rotatable bonds is 7. The summed E-state index contributed by atoms with van der Waals surface area (Å²) in [6.07, 6.45) is 4.78. The monoisotopic (exact) mass is 332 g/mol. The fraction of sp³-hybridized carbons (Fsp3) is 0.579. The van der Waals surface area contributed by atoms with Gasteiger partial charge in [0.15, 0.2) is 0 Å². The third-order valence-electron chi connectivity index (χ3n) is 4.75. The summed E-state index contributed by atoms with van der Waals surface area (Å²) in [5.74, 6) is 0.751. The topological polar surface area (TPSA) is 50.8 Å². The zero-order valence-corrected chi connectivity index (χ0v) is 15.1. The first-order chi connectivity index (χ1) is 11.5. The minimum Gasteiger partial charge on any atom is -0.360 e. The van der Waals surface area contributed by atoms with Gasteiger partial charge in [0.05, 0.1) is 37.6 Å². The second kappa shape index (κ2) is 8.83. The lowest BCUT2D eigenvalue weighted by Gasteiger charge is -2.34. The van der Waals surface area contributed by atoms with Gasteiger partial charge in [-0.15, -0.1) is 0 Å². The zero-order valence-electron chi connectivity index (χ0n) is 15.1. The number of non-ortho nitro benzene ring substituents is 1. The number of benzene rings is 1. The first-order valence-electron chi connectivity index (χ1n) is 8.92. The highest BCUT2D eigenvalue weighted by molar-refractivity contribution is 5.50. The van der Waals surface area contributed by atoms with Crippen LogP contribution < -0.4 is 9.80 Å². The van der Waals surface area contributed by atoms with Crippen molar-refractivity contribution < 1.29 is 9.82 Å². The second-order valence-electron chi connectivity index (χ2n) is 7.18. The van der Waals surface area contributed by atoms with E-state index in [1.807, 2.05) is 12.1 Å². The number of nitro benzene ring substituents is 1. The van der Waals surface area contributed by atoms with Crippen molar-refractivity contribution >= 4 is 11.4 Å². The molecule has 1 aromatic rings. The van der Waals surface area contributed by atoms with Crippen LogP contribution in [-0.2, 0) is 0 Å². The second-order valence-corrected chi connectivity index (χ2v) is 7.18. The summed E-state index contributed by atoms with van der Waals surface area (Å²) in [4.78, 5) is 14.4. The van der Waals surface area contributed by atoms with E-state index in [1.165, 1.54) is 25.0 Å². The Balaban J connectivity index is 1.76. The van der Waals surface area contributed by atoms with Crippen molar-refractivity contribution in [2.45, 2.75) is 33.6 Å². The highest BCUT2D eigenvalue weighted by Crippen LogP contribution is 2.19. The van der Waals surface area contributed by atoms with Crippen LogP contribution in [0.4, 0.5) is 11.4 Å². The molecular formula is C19H30N3O2+. The molecule has 0 aromatic heterocycles. The molecule has 0 bridgehead atoms. The van der Waals surface area contributed by atoms with Crippen molar-refractivity contribution in [1.82, 2.24) is 0 Å². The van der Waals surface area contributed by atoms with E-state index in [2.05, 4.69) is 31.7 Å². The van der Waals surface area contributed by atoms with Gasteiger partial charge in [-0.2, -0.15) is 0 Å². The highest BCUT2D eigenvalue weighted by Gasteiger charge is 2.22. The van der Waals surface area contributed by atoms with Crippen LogP contribution in [0.2, 0.25) is 0 Å². The maximum Gasteiger partial charge on any atom is 0.269 e. The summed E-state index contributed by atoms with van der Waals surface area (Å²) in [7, 11) is 0. The third-order valence-corrected chi connectivity index (χ3v) is 4.75. The highest BCUT2D eigenvalue weighted by atomic mass is 16.6. The van der Waals surface area contributed by atoms with Gasteiger partial charge in [0.25, 0.3) is 5.69 Å². The van der Waals surface area contributed by atoms with E-state index in [9.17, 15) is 10.1 Å². The minimum absolute atomic E-state index is 0.160. The molecule has 0 aliphatic carbocycles. The van der Waals surface area contributed by atoms with Crippen molar-refractivity contribution in [3.05, 3.63) is 46.0 Å². The maximum absolute atomic E-state index is 10.7. The van der Waals surface area contributed by atoms with Crippen LogP contribution in [0.1, 0.15) is 33.6 Å². The van der Waals surface area contributed by atoms with E-state index in [1.54, 1.807) is 17.0 Å².